The molecule has 0 heterocycles. The smallest absolute Gasteiger partial charge is 0.382 e. The lowest BCUT2D eigenvalue weighted by Gasteiger charge is -2.15. The Balaban J connectivity index is 2.40. The Kier molecular flexibility index (Phi) is 4.58. The number of alkyl halides is 3. The van der Waals surface area contributed by atoms with Gasteiger partial charge in [0, 0.05) is 18.1 Å². The van der Waals surface area contributed by atoms with Crippen molar-refractivity contribution in [1.82, 2.24) is 5.32 Å². The van der Waals surface area contributed by atoms with Gasteiger partial charge in [-0.2, -0.15) is 13.2 Å². The van der Waals surface area contributed by atoms with E-state index in [-0.39, 0.29) is 6.54 Å². The lowest BCUT2D eigenvalue weighted by Crippen LogP contribution is -2.38. The molecule has 0 aliphatic carbocycles. The van der Waals surface area contributed by atoms with E-state index in [9.17, 15) is 13.2 Å². The summed E-state index contributed by atoms with van der Waals surface area (Å²) in [6.45, 7) is -0.360. The summed E-state index contributed by atoms with van der Waals surface area (Å²) < 4.78 is 35.8. The van der Waals surface area contributed by atoms with E-state index >= 15 is 0 Å². The third-order valence-corrected chi connectivity index (χ3v) is 2.36. The van der Waals surface area contributed by atoms with Gasteiger partial charge in [-0.1, -0.05) is 29.8 Å². The number of aliphatic hydroxyl groups excluding tert-OH is 1. The minimum absolute atomic E-state index is 0.187. The molecule has 0 fully saturated rings. The Hall–Kier alpha value is -0.780. The fraction of sp³-hybridized carbons (Fsp3) is 0.400. The number of benzene rings is 1. The van der Waals surface area contributed by atoms with Crippen molar-refractivity contribution >= 4 is 11.6 Å². The van der Waals surface area contributed by atoms with Crippen LogP contribution >= 0.6 is 11.6 Å². The molecule has 0 bridgehead atoms. The SMILES string of the molecule is O[C@@H](CNCc1ccccc1Cl)C(F)(F)F. The van der Waals surface area contributed by atoms with Crippen LogP contribution in [-0.4, -0.2) is 23.9 Å². The maximum absolute atomic E-state index is 11.9. The van der Waals surface area contributed by atoms with Gasteiger partial charge in [0.25, 0.3) is 0 Å². The van der Waals surface area contributed by atoms with Crippen LogP contribution in [-0.2, 0) is 6.54 Å². The van der Waals surface area contributed by atoms with E-state index in [1.165, 1.54) is 0 Å². The topological polar surface area (TPSA) is 32.3 Å². The average molecular weight is 254 g/mol. The Morgan fingerprint density at radius 1 is 1.31 bits per heavy atom. The van der Waals surface area contributed by atoms with E-state index in [0.29, 0.717) is 10.6 Å². The summed E-state index contributed by atoms with van der Waals surface area (Å²) in [5.41, 5.74) is 0.693. The third-order valence-electron chi connectivity index (χ3n) is 1.99. The standard InChI is InChI=1S/C10H11ClF3NO/c11-8-4-2-1-3-7(8)5-15-6-9(16)10(12,13)14/h1-4,9,15-16H,5-6H2/t9-/m0/s1. The second kappa shape index (κ2) is 5.52. The van der Waals surface area contributed by atoms with Gasteiger partial charge in [-0.15, -0.1) is 0 Å². The minimum Gasteiger partial charge on any atom is -0.382 e. The molecule has 90 valence electrons. The second-order valence-corrected chi connectivity index (χ2v) is 3.69. The molecule has 0 saturated heterocycles. The first-order chi connectivity index (χ1) is 7.41. The number of rotatable bonds is 4. The zero-order valence-electron chi connectivity index (χ0n) is 8.26. The van der Waals surface area contributed by atoms with Gasteiger partial charge in [0.2, 0.25) is 0 Å². The van der Waals surface area contributed by atoms with E-state index in [1.54, 1.807) is 24.3 Å². The maximum Gasteiger partial charge on any atom is 0.415 e. The largest absolute Gasteiger partial charge is 0.415 e. The van der Waals surface area contributed by atoms with E-state index < -0.39 is 18.8 Å². The van der Waals surface area contributed by atoms with Gasteiger partial charge < -0.3 is 10.4 Å². The van der Waals surface area contributed by atoms with E-state index in [1.807, 2.05) is 0 Å². The predicted molar refractivity (Wildman–Crippen MR) is 55.2 cm³/mol. The Morgan fingerprint density at radius 2 is 1.94 bits per heavy atom. The number of nitrogens with one attached hydrogen (secondary N) is 1. The summed E-state index contributed by atoms with van der Waals surface area (Å²) in [5, 5.41) is 11.7. The Morgan fingerprint density at radius 3 is 2.50 bits per heavy atom. The van der Waals surface area contributed by atoms with Crippen LogP contribution in [0.3, 0.4) is 0 Å². The summed E-state index contributed by atoms with van der Waals surface area (Å²) >= 11 is 5.80. The first-order valence-corrected chi connectivity index (χ1v) is 4.98. The van der Waals surface area contributed by atoms with Crippen LogP contribution in [0, 0.1) is 0 Å². The van der Waals surface area contributed by atoms with Gasteiger partial charge in [0.15, 0.2) is 6.10 Å². The molecule has 0 aromatic heterocycles. The zero-order chi connectivity index (χ0) is 12.2. The van der Waals surface area contributed by atoms with Crippen LogP contribution in [0.1, 0.15) is 5.56 Å². The molecule has 0 radical (unpaired) electrons. The molecular weight excluding hydrogens is 243 g/mol. The molecule has 1 aromatic carbocycles. The predicted octanol–water partition coefficient (Wildman–Crippen LogP) is 2.35. The van der Waals surface area contributed by atoms with E-state index in [4.69, 9.17) is 16.7 Å². The number of hydrogen-bond donors (Lipinski definition) is 2. The van der Waals surface area contributed by atoms with Gasteiger partial charge in [-0.3, -0.25) is 0 Å². The molecule has 0 aliphatic heterocycles. The lowest BCUT2D eigenvalue weighted by atomic mass is 10.2. The molecular formula is C10H11ClF3NO. The van der Waals surface area contributed by atoms with Crippen molar-refractivity contribution in [2.24, 2.45) is 0 Å². The summed E-state index contributed by atoms with van der Waals surface area (Å²) in [4.78, 5) is 0. The second-order valence-electron chi connectivity index (χ2n) is 3.28. The van der Waals surface area contributed by atoms with Gasteiger partial charge >= 0.3 is 6.18 Å². The molecule has 0 unspecified atom stereocenters. The molecule has 1 aromatic rings. The van der Waals surface area contributed by atoms with Crippen LogP contribution in [0.4, 0.5) is 13.2 Å². The van der Waals surface area contributed by atoms with Crippen LogP contribution < -0.4 is 5.32 Å². The minimum atomic E-state index is -4.59. The molecule has 0 saturated carbocycles. The number of halogens is 4. The fourth-order valence-corrected chi connectivity index (χ4v) is 1.30. The molecule has 6 heteroatoms. The highest BCUT2D eigenvalue weighted by Crippen LogP contribution is 2.19. The van der Waals surface area contributed by atoms with Crippen molar-refractivity contribution in [3.05, 3.63) is 34.9 Å². The first-order valence-electron chi connectivity index (χ1n) is 4.60. The van der Waals surface area contributed by atoms with Crippen LogP contribution in [0.2, 0.25) is 5.02 Å². The first kappa shape index (κ1) is 13.3. The van der Waals surface area contributed by atoms with Crippen LogP contribution in [0.5, 0.6) is 0 Å². The lowest BCUT2D eigenvalue weighted by molar-refractivity contribution is -0.201. The summed E-state index contributed by atoms with van der Waals surface area (Å²) in [7, 11) is 0. The summed E-state index contributed by atoms with van der Waals surface area (Å²) in [5.74, 6) is 0. The quantitative estimate of drug-likeness (QED) is 0.863. The van der Waals surface area contributed by atoms with Crippen molar-refractivity contribution in [2.45, 2.75) is 18.8 Å². The maximum atomic E-state index is 11.9. The number of hydrogen-bond acceptors (Lipinski definition) is 2. The van der Waals surface area contributed by atoms with E-state index in [2.05, 4.69) is 5.32 Å². The van der Waals surface area contributed by atoms with Gasteiger partial charge in [0.1, 0.15) is 0 Å². The van der Waals surface area contributed by atoms with Crippen molar-refractivity contribution in [1.29, 1.82) is 0 Å². The monoisotopic (exact) mass is 253 g/mol. The van der Waals surface area contributed by atoms with Crippen molar-refractivity contribution < 1.29 is 18.3 Å². The Bertz CT molecular complexity index is 343. The molecule has 1 rings (SSSR count). The van der Waals surface area contributed by atoms with Crippen LogP contribution in [0.25, 0.3) is 0 Å². The summed E-state index contributed by atoms with van der Waals surface area (Å²) in [6, 6.07) is 6.83. The molecule has 0 aliphatic rings. The molecule has 2 N–H and O–H groups in total. The van der Waals surface area contributed by atoms with Crippen LogP contribution in [0.15, 0.2) is 24.3 Å². The third kappa shape index (κ3) is 4.00. The molecule has 0 amide bonds. The molecule has 1 atom stereocenters. The highest BCUT2D eigenvalue weighted by Gasteiger charge is 2.37. The normalized spacial score (nSPS) is 13.8. The number of aliphatic hydroxyl groups is 1. The van der Waals surface area contributed by atoms with E-state index in [0.717, 1.165) is 0 Å². The van der Waals surface area contributed by atoms with Gasteiger partial charge in [-0.25, -0.2) is 0 Å². The van der Waals surface area contributed by atoms with Gasteiger partial charge in [0.05, 0.1) is 0 Å². The summed E-state index contributed by atoms with van der Waals surface area (Å²) in [6.07, 6.45) is -6.94. The molecule has 2 nitrogen and oxygen atoms in total. The Labute approximate surface area is 96.0 Å². The zero-order valence-corrected chi connectivity index (χ0v) is 9.02. The highest BCUT2D eigenvalue weighted by atomic mass is 35.5. The van der Waals surface area contributed by atoms with Crippen molar-refractivity contribution in [3.8, 4) is 0 Å². The van der Waals surface area contributed by atoms with Gasteiger partial charge in [-0.05, 0) is 11.6 Å². The average Bonchev–Trinajstić information content (AvgIpc) is 2.19. The van der Waals surface area contributed by atoms with Crippen molar-refractivity contribution in [2.75, 3.05) is 6.54 Å². The highest BCUT2D eigenvalue weighted by molar-refractivity contribution is 6.31. The van der Waals surface area contributed by atoms with Crippen molar-refractivity contribution in [3.63, 3.8) is 0 Å². The molecule has 0 spiro atoms. The fourth-order valence-electron chi connectivity index (χ4n) is 1.10. The molecule has 16 heavy (non-hydrogen) atoms.